The molecule has 0 radical (unpaired) electrons. The van der Waals surface area contributed by atoms with Crippen molar-refractivity contribution in [2.75, 3.05) is 0 Å². The standard InChI is InChI=1S/C26H40O2Si/c1-19(21-16-17-23-24(27)13-10-18-26(21,23)4)14-15-20-11-8-9-12-22(20)25(2,3)28-29(5,6)7/h8-9,11-12,14-15,19,21,23H,10,13,16-18H2,1-7H3/t19-,21-,23?,26-/m1/s1. The average Bonchev–Trinajstić information content (AvgIpc) is 2.96. The Morgan fingerprint density at radius 3 is 2.59 bits per heavy atom. The zero-order valence-electron chi connectivity index (χ0n) is 19.5. The van der Waals surface area contributed by atoms with E-state index in [0.717, 1.165) is 19.3 Å². The Morgan fingerprint density at radius 2 is 1.90 bits per heavy atom. The van der Waals surface area contributed by atoms with Gasteiger partial charge in [0, 0.05) is 12.3 Å². The fourth-order valence-electron chi connectivity index (χ4n) is 6.23. The molecule has 3 heteroatoms. The van der Waals surface area contributed by atoms with Gasteiger partial charge in [0.2, 0.25) is 0 Å². The van der Waals surface area contributed by atoms with Crippen molar-refractivity contribution in [3.05, 3.63) is 41.5 Å². The SMILES string of the molecule is C[C@H](C=Cc1ccccc1C(C)(C)O[Si](C)(C)C)[C@H]1CCC2C(=O)CCC[C@@]21C. The second-order valence-electron chi connectivity index (χ2n) is 11.1. The van der Waals surface area contributed by atoms with E-state index in [1.165, 1.54) is 24.0 Å². The molecule has 1 aromatic rings. The minimum absolute atomic E-state index is 0.193. The molecule has 4 atom stereocenters. The summed E-state index contributed by atoms with van der Waals surface area (Å²) in [5.74, 6) is 1.90. The van der Waals surface area contributed by atoms with Crippen molar-refractivity contribution in [1.82, 2.24) is 0 Å². The third kappa shape index (κ3) is 4.77. The molecule has 2 saturated carbocycles. The molecule has 0 N–H and O–H groups in total. The number of carbonyl (C=O) groups is 1. The Hall–Kier alpha value is -1.19. The highest BCUT2D eigenvalue weighted by molar-refractivity contribution is 6.69. The van der Waals surface area contributed by atoms with E-state index in [1.54, 1.807) is 0 Å². The van der Waals surface area contributed by atoms with Crippen molar-refractivity contribution in [2.45, 2.75) is 85.0 Å². The number of fused-ring (bicyclic) bond motifs is 1. The minimum atomic E-state index is -1.66. The summed E-state index contributed by atoms with van der Waals surface area (Å²) in [7, 11) is -1.66. The molecule has 0 aromatic heterocycles. The van der Waals surface area contributed by atoms with Crippen LogP contribution >= 0.6 is 0 Å². The van der Waals surface area contributed by atoms with Gasteiger partial charge in [-0.15, -0.1) is 0 Å². The van der Waals surface area contributed by atoms with Crippen LogP contribution in [0.2, 0.25) is 19.6 Å². The van der Waals surface area contributed by atoms with E-state index in [9.17, 15) is 4.79 Å². The van der Waals surface area contributed by atoms with Crippen molar-refractivity contribution in [3.8, 4) is 0 Å². The average molecular weight is 413 g/mol. The molecular formula is C26H40O2Si. The Kier molecular flexibility index (Phi) is 6.32. The van der Waals surface area contributed by atoms with Gasteiger partial charge in [0.25, 0.3) is 0 Å². The lowest BCUT2D eigenvalue weighted by Gasteiger charge is -2.41. The minimum Gasteiger partial charge on any atom is -0.409 e. The zero-order valence-corrected chi connectivity index (χ0v) is 20.5. The number of rotatable bonds is 6. The maximum Gasteiger partial charge on any atom is 0.184 e. The largest absolute Gasteiger partial charge is 0.409 e. The van der Waals surface area contributed by atoms with Crippen molar-refractivity contribution < 1.29 is 9.22 Å². The van der Waals surface area contributed by atoms with Gasteiger partial charge in [0.15, 0.2) is 8.32 Å². The van der Waals surface area contributed by atoms with Crippen LogP contribution in [0.15, 0.2) is 30.3 Å². The van der Waals surface area contributed by atoms with Gasteiger partial charge in [-0.05, 0) is 87.5 Å². The van der Waals surface area contributed by atoms with E-state index >= 15 is 0 Å². The molecule has 2 aliphatic rings. The first-order valence-corrected chi connectivity index (χ1v) is 14.9. The van der Waals surface area contributed by atoms with Gasteiger partial charge in [0.05, 0.1) is 5.60 Å². The number of hydrogen-bond donors (Lipinski definition) is 0. The van der Waals surface area contributed by atoms with Crippen molar-refractivity contribution >= 4 is 20.2 Å². The van der Waals surface area contributed by atoms with Crippen molar-refractivity contribution in [1.29, 1.82) is 0 Å². The molecule has 3 rings (SSSR count). The van der Waals surface area contributed by atoms with Crippen LogP contribution in [0.4, 0.5) is 0 Å². The van der Waals surface area contributed by atoms with E-state index in [2.05, 4.69) is 83.8 Å². The molecule has 1 aromatic carbocycles. The molecule has 0 aliphatic heterocycles. The van der Waals surface area contributed by atoms with Gasteiger partial charge in [-0.2, -0.15) is 0 Å². The molecule has 0 heterocycles. The molecule has 2 fully saturated rings. The molecule has 2 nitrogen and oxygen atoms in total. The predicted octanol–water partition coefficient (Wildman–Crippen LogP) is 7.21. The monoisotopic (exact) mass is 412 g/mol. The number of carbonyl (C=O) groups excluding carboxylic acids is 1. The number of hydrogen-bond acceptors (Lipinski definition) is 2. The summed E-state index contributed by atoms with van der Waals surface area (Å²) in [6.07, 6.45) is 10.0. The lowest BCUT2D eigenvalue weighted by Crippen LogP contribution is -2.39. The van der Waals surface area contributed by atoms with Gasteiger partial charge in [-0.25, -0.2) is 0 Å². The van der Waals surface area contributed by atoms with E-state index in [0.29, 0.717) is 23.5 Å². The van der Waals surface area contributed by atoms with Crippen LogP contribution in [0.25, 0.3) is 6.08 Å². The van der Waals surface area contributed by atoms with Gasteiger partial charge < -0.3 is 4.43 Å². The zero-order chi connectivity index (χ0) is 21.4. The van der Waals surface area contributed by atoms with Crippen LogP contribution in [0, 0.1) is 23.2 Å². The lowest BCUT2D eigenvalue weighted by molar-refractivity contribution is -0.129. The van der Waals surface area contributed by atoms with E-state index in [1.807, 2.05) is 0 Å². The topological polar surface area (TPSA) is 26.3 Å². The normalized spacial score (nSPS) is 29.3. The molecule has 2 aliphatic carbocycles. The fraction of sp³-hybridized carbons (Fsp3) is 0.654. The molecule has 0 amide bonds. The van der Waals surface area contributed by atoms with Gasteiger partial charge in [0.1, 0.15) is 5.78 Å². The molecule has 0 saturated heterocycles. The highest BCUT2D eigenvalue weighted by Crippen LogP contribution is 2.56. The smallest absolute Gasteiger partial charge is 0.184 e. The quantitative estimate of drug-likeness (QED) is 0.461. The van der Waals surface area contributed by atoms with E-state index in [-0.39, 0.29) is 11.0 Å². The summed E-state index contributed by atoms with van der Waals surface area (Å²) < 4.78 is 6.52. The number of benzene rings is 1. The van der Waals surface area contributed by atoms with Gasteiger partial charge in [-0.1, -0.05) is 50.3 Å². The summed E-state index contributed by atoms with van der Waals surface area (Å²) in [6, 6.07) is 8.64. The maximum absolute atomic E-state index is 12.5. The number of allylic oxidation sites excluding steroid dienone is 1. The Bertz CT molecular complexity index is 773. The Morgan fingerprint density at radius 1 is 1.21 bits per heavy atom. The highest BCUT2D eigenvalue weighted by Gasteiger charge is 2.51. The van der Waals surface area contributed by atoms with Crippen LogP contribution in [0.5, 0.6) is 0 Å². The van der Waals surface area contributed by atoms with Crippen LogP contribution < -0.4 is 0 Å². The first-order valence-electron chi connectivity index (χ1n) is 11.4. The molecule has 160 valence electrons. The van der Waals surface area contributed by atoms with E-state index in [4.69, 9.17) is 4.43 Å². The molecule has 29 heavy (non-hydrogen) atoms. The summed E-state index contributed by atoms with van der Waals surface area (Å²) >= 11 is 0. The Balaban J connectivity index is 1.81. The fourth-order valence-corrected chi connectivity index (χ4v) is 7.88. The highest BCUT2D eigenvalue weighted by atomic mass is 28.4. The van der Waals surface area contributed by atoms with Crippen LogP contribution in [0.1, 0.15) is 70.9 Å². The second-order valence-corrected chi connectivity index (χ2v) is 15.5. The maximum atomic E-state index is 12.5. The summed E-state index contributed by atoms with van der Waals surface area (Å²) in [5.41, 5.74) is 2.41. The lowest BCUT2D eigenvalue weighted by atomic mass is 9.62. The third-order valence-corrected chi connectivity index (χ3v) is 8.44. The Labute approximate surface area is 179 Å². The molecule has 0 spiro atoms. The van der Waals surface area contributed by atoms with Crippen molar-refractivity contribution in [2.24, 2.45) is 23.2 Å². The van der Waals surface area contributed by atoms with Crippen LogP contribution in [-0.4, -0.2) is 14.1 Å². The summed E-state index contributed by atoms with van der Waals surface area (Å²) in [4.78, 5) is 12.5. The first kappa shape index (κ1) is 22.5. The predicted molar refractivity (Wildman–Crippen MR) is 125 cm³/mol. The number of Topliss-reactive ketones (excluding diaryl/α,β-unsaturated/α-hetero) is 1. The van der Waals surface area contributed by atoms with Gasteiger partial charge in [-0.3, -0.25) is 4.79 Å². The second kappa shape index (κ2) is 8.15. The number of ketones is 1. The van der Waals surface area contributed by atoms with Gasteiger partial charge >= 0.3 is 0 Å². The van der Waals surface area contributed by atoms with E-state index < -0.39 is 8.32 Å². The first-order chi connectivity index (χ1) is 13.4. The van der Waals surface area contributed by atoms with Crippen LogP contribution in [-0.2, 0) is 14.8 Å². The third-order valence-electron chi connectivity index (χ3n) is 7.32. The molecule has 1 unspecified atom stereocenters. The van der Waals surface area contributed by atoms with Crippen LogP contribution in [0.3, 0.4) is 0 Å². The molecular weight excluding hydrogens is 372 g/mol. The molecule has 0 bridgehead atoms. The summed E-state index contributed by atoms with van der Waals surface area (Å²) in [5, 5.41) is 0. The van der Waals surface area contributed by atoms with Crippen molar-refractivity contribution in [3.63, 3.8) is 0 Å². The summed E-state index contributed by atoms with van der Waals surface area (Å²) in [6.45, 7) is 15.9.